The van der Waals surface area contributed by atoms with E-state index in [4.69, 9.17) is 28.9 Å². The summed E-state index contributed by atoms with van der Waals surface area (Å²) in [6.45, 7) is 31.7. The highest BCUT2D eigenvalue weighted by Gasteiger charge is 2.23. The van der Waals surface area contributed by atoms with Crippen molar-refractivity contribution in [2.75, 3.05) is 86.2 Å². The van der Waals surface area contributed by atoms with E-state index >= 15 is 0 Å². The van der Waals surface area contributed by atoms with Gasteiger partial charge in [-0.05, 0) is 159 Å². The van der Waals surface area contributed by atoms with Gasteiger partial charge in [-0.3, -0.25) is 9.59 Å². The zero-order chi connectivity index (χ0) is 57.6. The lowest BCUT2D eigenvalue weighted by molar-refractivity contribution is -0.133. The Labute approximate surface area is 478 Å². The average Bonchev–Trinajstić information content (AvgIpc) is 4.23. The number of hydrogen-bond donors (Lipinski definition) is 1. The predicted molar refractivity (Wildman–Crippen MR) is 333 cm³/mol. The summed E-state index contributed by atoms with van der Waals surface area (Å²) in [6.07, 6.45) is 0. The number of nitrogens with zero attached hydrogens (tertiary/aromatic N) is 6. The molecule has 0 saturated heterocycles. The molecule has 13 nitrogen and oxygen atoms in total. The monoisotopic (exact) mass is 1100 g/mol. The Morgan fingerprint density at radius 3 is 1.19 bits per heavy atom. The van der Waals surface area contributed by atoms with E-state index in [-0.39, 0.29) is 11.7 Å². The summed E-state index contributed by atoms with van der Waals surface area (Å²) in [4.78, 5) is 47.6. The van der Waals surface area contributed by atoms with Crippen LogP contribution in [0.25, 0.3) is 66.2 Å². The molecule has 0 unspecified atom stereocenters. The van der Waals surface area contributed by atoms with Crippen LogP contribution in [0, 0.1) is 13.8 Å². The number of ether oxygens (including phenoxy) is 4. The number of carbonyl (C=O) groups excluding carboxylic acids is 2. The molecule has 0 fully saturated rings. The fourth-order valence-electron chi connectivity index (χ4n) is 10.1. The first-order valence-corrected chi connectivity index (χ1v) is 28.7. The van der Waals surface area contributed by atoms with Crippen molar-refractivity contribution in [1.29, 1.82) is 0 Å². The summed E-state index contributed by atoms with van der Waals surface area (Å²) >= 11 is 1.61. The maximum atomic E-state index is 11.7. The van der Waals surface area contributed by atoms with Crippen molar-refractivity contribution in [3.63, 3.8) is 0 Å². The summed E-state index contributed by atoms with van der Waals surface area (Å²) in [5.41, 5.74) is 15.4. The van der Waals surface area contributed by atoms with Crippen molar-refractivity contribution < 1.29 is 28.5 Å². The Morgan fingerprint density at radius 1 is 0.450 bits per heavy atom. The molecule has 0 aliphatic heterocycles. The Kier molecular flexibility index (Phi) is 20.6. The number of rotatable bonds is 22. The maximum absolute atomic E-state index is 11.7. The van der Waals surface area contributed by atoms with Crippen LogP contribution in [0.15, 0.2) is 121 Å². The van der Waals surface area contributed by atoms with Crippen molar-refractivity contribution in [3.8, 4) is 89.2 Å². The maximum Gasteiger partial charge on any atom is 0.308 e. The normalized spacial score (nSPS) is 10.9. The fourth-order valence-corrected chi connectivity index (χ4v) is 11.2. The molecule has 6 aromatic carbocycles. The van der Waals surface area contributed by atoms with Crippen LogP contribution in [0.1, 0.15) is 80.4 Å². The highest BCUT2D eigenvalue weighted by Crippen LogP contribution is 2.46. The van der Waals surface area contributed by atoms with Gasteiger partial charge < -0.3 is 43.5 Å². The number of esters is 2. The molecule has 2 heterocycles. The largest absolute Gasteiger partial charge is 0.493 e. The van der Waals surface area contributed by atoms with Crippen LogP contribution in [0.4, 0.5) is 22.7 Å². The summed E-state index contributed by atoms with van der Waals surface area (Å²) in [7, 11) is 3.08. The SMILES string of the molecule is CCN(CC)c1ccc(-c2nc(-c3cc(C)c(OC(C)=O)c(C)c3)[nH]c2-c2ccc(N(CC)CC)cc2)cc1.CCN(CC)c1ccc(-c2nc(-c3cc(OC)c(OC(C)=O)c(OC)c3)sc2-c2ccc(N(CC)CC)cc2)cc1. The second-order valence-electron chi connectivity index (χ2n) is 19.2. The van der Waals surface area contributed by atoms with Gasteiger partial charge in [-0.25, -0.2) is 9.97 Å². The molecule has 0 radical (unpaired) electrons. The number of imidazole rings is 1. The quantitative estimate of drug-likeness (QED) is 0.0513. The first kappa shape index (κ1) is 59.6. The summed E-state index contributed by atoms with van der Waals surface area (Å²) in [6, 6.07) is 42.3. The first-order valence-electron chi connectivity index (χ1n) is 27.9. The van der Waals surface area contributed by atoms with Crippen molar-refractivity contribution in [2.45, 2.75) is 83.1 Å². The van der Waals surface area contributed by atoms with Crippen LogP contribution in [0.3, 0.4) is 0 Å². The van der Waals surface area contributed by atoms with Crippen molar-refractivity contribution in [3.05, 3.63) is 132 Å². The molecule has 0 aliphatic rings. The van der Waals surface area contributed by atoms with Gasteiger partial charge in [-0.15, -0.1) is 11.3 Å². The second-order valence-corrected chi connectivity index (χ2v) is 20.2. The van der Waals surface area contributed by atoms with Crippen molar-refractivity contribution in [1.82, 2.24) is 15.0 Å². The third-order valence-electron chi connectivity index (χ3n) is 14.3. The van der Waals surface area contributed by atoms with Crippen molar-refractivity contribution in [2.24, 2.45) is 0 Å². The standard InChI is InChI=1S/C33H40N4O2.C33H39N3O4S/c1-8-36(9-2)28-16-12-25(13-17-28)30-31(26-14-18-29(19-15-26)37(10-3)11-4)35-33(34-30)27-20-22(5)32(23(6)21-27)39-24(7)38;1-8-35(9-2)26-16-12-23(13-17-26)30-32(24-14-18-27(19-15-24)36(10-3)11-4)41-33(34-30)25-20-28(38-6)31(40-22(5)37)29(21-25)39-7/h12-21H,8-11H2,1-7H3,(H,34,35);12-21H,8-11H2,1-7H3. The fraction of sp³-hybridized carbons (Fsp3) is 0.333. The van der Waals surface area contributed by atoms with Gasteiger partial charge in [0.1, 0.15) is 16.6 Å². The number of carbonyl (C=O) groups is 2. The third kappa shape index (κ3) is 13.7. The number of aryl methyl sites for hydroxylation is 2. The minimum absolute atomic E-state index is 0.252. The van der Waals surface area contributed by atoms with Gasteiger partial charge in [-0.1, -0.05) is 48.5 Å². The molecule has 0 aliphatic carbocycles. The molecule has 0 bridgehead atoms. The highest BCUT2D eigenvalue weighted by molar-refractivity contribution is 7.19. The van der Waals surface area contributed by atoms with E-state index in [9.17, 15) is 9.59 Å². The summed E-state index contributed by atoms with van der Waals surface area (Å²) in [5.74, 6) is 1.67. The molecule has 0 atom stereocenters. The Balaban J connectivity index is 0.000000231. The molecule has 0 spiro atoms. The molecular formula is C66H79N7O6S. The van der Waals surface area contributed by atoms with Crippen LogP contribution in [-0.4, -0.2) is 93.5 Å². The van der Waals surface area contributed by atoms with Crippen molar-refractivity contribution >= 4 is 46.0 Å². The van der Waals surface area contributed by atoms with Crippen LogP contribution in [0.2, 0.25) is 0 Å². The average molecular weight is 1100 g/mol. The number of aromatic amines is 1. The van der Waals surface area contributed by atoms with Crippen LogP contribution >= 0.6 is 11.3 Å². The molecule has 0 amide bonds. The van der Waals surface area contributed by atoms with Crippen LogP contribution < -0.4 is 38.5 Å². The van der Waals surface area contributed by atoms with E-state index in [1.807, 2.05) is 38.1 Å². The molecule has 0 saturated carbocycles. The lowest BCUT2D eigenvalue weighted by Gasteiger charge is -2.21. The lowest BCUT2D eigenvalue weighted by Crippen LogP contribution is -2.21. The smallest absolute Gasteiger partial charge is 0.308 e. The van der Waals surface area contributed by atoms with E-state index in [1.54, 1.807) is 25.6 Å². The number of thiazole rings is 1. The zero-order valence-electron chi connectivity index (χ0n) is 49.2. The second kappa shape index (κ2) is 27.7. The molecular weight excluding hydrogens is 1020 g/mol. The molecule has 8 aromatic rings. The van der Waals surface area contributed by atoms with Gasteiger partial charge in [0.25, 0.3) is 0 Å². The van der Waals surface area contributed by atoms with E-state index in [1.165, 1.54) is 36.6 Å². The van der Waals surface area contributed by atoms with Gasteiger partial charge in [0, 0.05) is 117 Å². The molecule has 14 heteroatoms. The molecule has 1 N–H and O–H groups in total. The summed E-state index contributed by atoms with van der Waals surface area (Å²) in [5, 5.41) is 0.807. The summed E-state index contributed by atoms with van der Waals surface area (Å²) < 4.78 is 22.0. The number of H-pyrrole nitrogens is 1. The van der Waals surface area contributed by atoms with Gasteiger partial charge in [0.15, 0.2) is 11.5 Å². The predicted octanol–water partition coefficient (Wildman–Crippen LogP) is 15.4. The first-order chi connectivity index (χ1) is 38.6. The minimum atomic E-state index is -0.450. The van der Waals surface area contributed by atoms with E-state index in [0.717, 1.165) is 130 Å². The topological polar surface area (TPSA) is 126 Å². The Hall–Kier alpha value is -8.10. The third-order valence-corrected chi connectivity index (χ3v) is 15.5. The van der Waals surface area contributed by atoms with Gasteiger partial charge in [0.05, 0.1) is 36.2 Å². The van der Waals surface area contributed by atoms with Gasteiger partial charge >= 0.3 is 11.9 Å². The number of hydrogen-bond acceptors (Lipinski definition) is 13. The number of aromatic nitrogens is 3. The van der Waals surface area contributed by atoms with Crippen LogP contribution in [0.5, 0.6) is 23.0 Å². The molecule has 80 heavy (non-hydrogen) atoms. The zero-order valence-corrected chi connectivity index (χ0v) is 50.1. The number of benzene rings is 6. The van der Waals surface area contributed by atoms with E-state index in [0.29, 0.717) is 17.2 Å². The molecule has 8 rings (SSSR count). The van der Waals surface area contributed by atoms with Crippen LogP contribution in [-0.2, 0) is 9.59 Å². The van der Waals surface area contributed by atoms with Gasteiger partial charge in [0.2, 0.25) is 5.75 Å². The molecule has 420 valence electrons. The minimum Gasteiger partial charge on any atom is -0.493 e. The van der Waals surface area contributed by atoms with E-state index < -0.39 is 5.97 Å². The number of anilines is 4. The Bertz CT molecular complexity index is 3120. The Morgan fingerprint density at radius 2 is 0.812 bits per heavy atom. The lowest BCUT2D eigenvalue weighted by atomic mass is 10.0. The van der Waals surface area contributed by atoms with E-state index in [2.05, 4.69) is 177 Å². The number of methoxy groups -OCH3 is 2. The molecule has 2 aromatic heterocycles. The number of nitrogens with one attached hydrogen (secondary N) is 1. The van der Waals surface area contributed by atoms with Gasteiger partial charge in [-0.2, -0.15) is 0 Å². The highest BCUT2D eigenvalue weighted by atomic mass is 32.1.